The van der Waals surface area contributed by atoms with Gasteiger partial charge in [0.05, 0.1) is 27.8 Å². The van der Waals surface area contributed by atoms with E-state index >= 15 is 0 Å². The Morgan fingerprint density at radius 2 is 2.15 bits per heavy atom. The zero-order chi connectivity index (χ0) is 14.9. The smallest absolute Gasteiger partial charge is 0.390 e. The third-order valence-corrected chi connectivity index (χ3v) is 3.38. The fraction of sp³-hybridized carbons (Fsp3) is 0.0909. The van der Waals surface area contributed by atoms with Crippen LogP contribution in [0.3, 0.4) is 0 Å². The number of halogens is 2. The highest BCUT2D eigenvalue weighted by molar-refractivity contribution is 6.42. The molecular formula is C11H7Cl2N3O4. The van der Waals surface area contributed by atoms with Gasteiger partial charge < -0.3 is 15.2 Å². The van der Waals surface area contributed by atoms with Gasteiger partial charge >= 0.3 is 11.8 Å². The lowest BCUT2D eigenvalue weighted by atomic mass is 10.2. The monoisotopic (exact) mass is 315 g/mol. The second-order valence-corrected chi connectivity index (χ2v) is 4.61. The average molecular weight is 316 g/mol. The Hall–Kier alpha value is -2.12. The lowest BCUT2D eigenvalue weighted by Crippen LogP contribution is -2.11. The average Bonchev–Trinajstić information content (AvgIpc) is 2.79. The molecule has 2 rings (SSSR count). The SMILES string of the molecule is O=C(O)c1cc([N+](=O)[O-])nn1Cc1cccc(Cl)c1Cl. The van der Waals surface area contributed by atoms with Crippen LogP contribution in [0.25, 0.3) is 0 Å². The standard InChI is InChI=1S/C11H7Cl2N3O4/c12-7-3-1-2-6(10(7)13)5-15-8(11(17)18)4-9(14-15)16(19)20/h1-4H,5H2,(H,17,18). The lowest BCUT2D eigenvalue weighted by Gasteiger charge is -2.04. The zero-order valence-electron chi connectivity index (χ0n) is 9.79. The number of hydrogen-bond donors (Lipinski definition) is 1. The van der Waals surface area contributed by atoms with Crippen molar-refractivity contribution >= 4 is 35.0 Å². The topological polar surface area (TPSA) is 98.3 Å². The number of carboxylic acids is 1. The van der Waals surface area contributed by atoms with E-state index in [4.69, 9.17) is 28.3 Å². The van der Waals surface area contributed by atoms with Crippen molar-refractivity contribution in [2.24, 2.45) is 0 Å². The Kier molecular flexibility index (Phi) is 3.91. The molecule has 0 fully saturated rings. The number of carboxylic acid groups (broad SMARTS) is 1. The Balaban J connectivity index is 2.45. The second-order valence-electron chi connectivity index (χ2n) is 3.82. The molecule has 1 aromatic carbocycles. The summed E-state index contributed by atoms with van der Waals surface area (Å²) in [5.74, 6) is -1.86. The summed E-state index contributed by atoms with van der Waals surface area (Å²) >= 11 is 11.8. The molecule has 0 saturated heterocycles. The molecule has 1 aromatic heterocycles. The molecule has 7 nitrogen and oxygen atoms in total. The molecule has 0 spiro atoms. The molecule has 0 radical (unpaired) electrons. The normalized spacial score (nSPS) is 10.5. The van der Waals surface area contributed by atoms with Gasteiger partial charge in [-0.25, -0.2) is 4.79 Å². The first-order chi connectivity index (χ1) is 9.40. The predicted molar refractivity (Wildman–Crippen MR) is 71.4 cm³/mol. The summed E-state index contributed by atoms with van der Waals surface area (Å²) in [6.45, 7) is -0.0329. The summed E-state index contributed by atoms with van der Waals surface area (Å²) in [5.41, 5.74) is 0.215. The fourth-order valence-corrected chi connectivity index (χ4v) is 2.00. The minimum Gasteiger partial charge on any atom is -0.476 e. The number of aromatic nitrogens is 2. The van der Waals surface area contributed by atoms with Crippen LogP contribution in [0.5, 0.6) is 0 Å². The van der Waals surface area contributed by atoms with Crippen LogP contribution in [0.2, 0.25) is 10.0 Å². The molecule has 9 heteroatoms. The van der Waals surface area contributed by atoms with Gasteiger partial charge in [0.2, 0.25) is 0 Å². The first-order valence-corrected chi connectivity index (χ1v) is 6.04. The molecule has 1 N–H and O–H groups in total. The molecule has 0 aliphatic carbocycles. The van der Waals surface area contributed by atoms with Crippen molar-refractivity contribution in [3.05, 3.63) is 55.7 Å². The van der Waals surface area contributed by atoms with Crippen molar-refractivity contribution in [1.29, 1.82) is 0 Å². The highest BCUT2D eigenvalue weighted by Crippen LogP contribution is 2.26. The van der Waals surface area contributed by atoms with E-state index in [0.717, 1.165) is 10.7 Å². The van der Waals surface area contributed by atoms with E-state index < -0.39 is 16.7 Å². The van der Waals surface area contributed by atoms with Crippen LogP contribution in [0.4, 0.5) is 5.82 Å². The number of nitrogens with zero attached hydrogens (tertiary/aromatic N) is 3. The predicted octanol–water partition coefficient (Wildman–Crippen LogP) is 2.84. The van der Waals surface area contributed by atoms with Gasteiger partial charge in [-0.2, -0.15) is 4.68 Å². The fourth-order valence-electron chi connectivity index (χ4n) is 1.62. The summed E-state index contributed by atoms with van der Waals surface area (Å²) in [5, 5.41) is 23.9. The molecule has 0 saturated carbocycles. The lowest BCUT2D eigenvalue weighted by molar-refractivity contribution is -0.389. The summed E-state index contributed by atoms with van der Waals surface area (Å²) in [6, 6.07) is 5.74. The van der Waals surface area contributed by atoms with E-state index in [2.05, 4.69) is 5.10 Å². The number of rotatable bonds is 4. The van der Waals surface area contributed by atoms with E-state index in [0.29, 0.717) is 10.6 Å². The van der Waals surface area contributed by atoms with Crippen molar-refractivity contribution in [3.63, 3.8) is 0 Å². The molecule has 2 aromatic rings. The molecule has 20 heavy (non-hydrogen) atoms. The molecule has 0 atom stereocenters. The van der Waals surface area contributed by atoms with E-state index in [1.807, 2.05) is 0 Å². The number of benzene rings is 1. The van der Waals surface area contributed by atoms with Crippen molar-refractivity contribution in [2.45, 2.75) is 6.54 Å². The minimum atomic E-state index is -1.32. The van der Waals surface area contributed by atoms with Gasteiger partial charge in [0.15, 0.2) is 5.69 Å². The van der Waals surface area contributed by atoms with E-state index in [1.54, 1.807) is 18.2 Å². The summed E-state index contributed by atoms with van der Waals surface area (Å²) in [6.07, 6.45) is 0. The molecule has 104 valence electrons. The van der Waals surface area contributed by atoms with E-state index in [9.17, 15) is 14.9 Å². The largest absolute Gasteiger partial charge is 0.476 e. The molecule has 0 amide bonds. The molecule has 0 aliphatic heterocycles. The van der Waals surface area contributed by atoms with Gasteiger partial charge in [0, 0.05) is 0 Å². The van der Waals surface area contributed by atoms with E-state index in [-0.39, 0.29) is 17.3 Å². The van der Waals surface area contributed by atoms with Crippen molar-refractivity contribution in [3.8, 4) is 0 Å². The maximum absolute atomic E-state index is 11.1. The third kappa shape index (κ3) is 2.73. The third-order valence-electron chi connectivity index (χ3n) is 2.52. The molecule has 0 unspecified atom stereocenters. The van der Waals surface area contributed by atoms with Crippen LogP contribution in [0.1, 0.15) is 16.1 Å². The summed E-state index contributed by atoms with van der Waals surface area (Å²) < 4.78 is 0.998. The van der Waals surface area contributed by atoms with Gasteiger partial charge in [0.25, 0.3) is 0 Å². The first-order valence-electron chi connectivity index (χ1n) is 5.28. The summed E-state index contributed by atoms with van der Waals surface area (Å²) in [4.78, 5) is 20.9. The van der Waals surface area contributed by atoms with Crippen LogP contribution >= 0.6 is 23.2 Å². The van der Waals surface area contributed by atoms with Crippen molar-refractivity contribution in [2.75, 3.05) is 0 Å². The molecule has 0 aliphatic rings. The highest BCUT2D eigenvalue weighted by atomic mass is 35.5. The van der Waals surface area contributed by atoms with Crippen LogP contribution in [-0.4, -0.2) is 25.8 Å². The zero-order valence-corrected chi connectivity index (χ0v) is 11.3. The Bertz CT molecular complexity index is 699. The van der Waals surface area contributed by atoms with Gasteiger partial charge in [-0.3, -0.25) is 0 Å². The number of aromatic carboxylic acids is 1. The highest BCUT2D eigenvalue weighted by Gasteiger charge is 2.23. The maximum Gasteiger partial charge on any atom is 0.390 e. The number of nitro groups is 1. The maximum atomic E-state index is 11.1. The van der Waals surface area contributed by atoms with Gasteiger partial charge in [-0.1, -0.05) is 35.3 Å². The van der Waals surface area contributed by atoms with Gasteiger partial charge in [-0.05, 0) is 16.6 Å². The quantitative estimate of drug-likeness (QED) is 0.691. The van der Waals surface area contributed by atoms with Crippen LogP contribution < -0.4 is 0 Å². The Morgan fingerprint density at radius 1 is 1.45 bits per heavy atom. The second kappa shape index (κ2) is 5.48. The Morgan fingerprint density at radius 3 is 2.75 bits per heavy atom. The van der Waals surface area contributed by atoms with Crippen LogP contribution in [0.15, 0.2) is 24.3 Å². The molecular weight excluding hydrogens is 309 g/mol. The first kappa shape index (κ1) is 14.3. The van der Waals surface area contributed by atoms with Crippen molar-refractivity contribution in [1.82, 2.24) is 9.78 Å². The number of carbonyl (C=O) groups is 1. The van der Waals surface area contributed by atoms with Crippen molar-refractivity contribution < 1.29 is 14.8 Å². The Labute approximate surface area is 122 Å². The molecule has 1 heterocycles. The van der Waals surface area contributed by atoms with Gasteiger partial charge in [0.1, 0.15) is 0 Å². The van der Waals surface area contributed by atoms with Crippen LogP contribution in [-0.2, 0) is 6.54 Å². The van der Waals surface area contributed by atoms with E-state index in [1.165, 1.54) is 0 Å². The minimum absolute atomic E-state index is 0.0329. The van der Waals surface area contributed by atoms with Gasteiger partial charge in [-0.15, -0.1) is 0 Å². The number of hydrogen-bond acceptors (Lipinski definition) is 4. The van der Waals surface area contributed by atoms with Crippen LogP contribution in [0, 0.1) is 10.1 Å². The summed E-state index contributed by atoms with van der Waals surface area (Å²) in [7, 11) is 0. The molecule has 0 bridgehead atoms.